The summed E-state index contributed by atoms with van der Waals surface area (Å²) in [4.78, 5) is 0. The second-order valence-corrected chi connectivity index (χ2v) is 4.03. The van der Waals surface area contributed by atoms with Crippen molar-refractivity contribution in [1.82, 2.24) is 0 Å². The number of aryl methyl sites for hydroxylation is 1. The molecule has 2 rings (SSSR count). The number of hydrogen-bond donors (Lipinski definition) is 1. The average Bonchev–Trinajstić information content (AvgIpc) is 2.37. The highest BCUT2D eigenvalue weighted by Crippen LogP contribution is 2.26. The van der Waals surface area contributed by atoms with Crippen LogP contribution in [0, 0.1) is 35.7 Å². The number of benzene rings is 2. The van der Waals surface area contributed by atoms with Gasteiger partial charge in [-0.1, -0.05) is 6.07 Å². The maximum Gasteiger partial charge on any atom is 0.150 e. The fourth-order valence-corrected chi connectivity index (χ4v) is 1.63. The molecule has 0 fully saturated rings. The first-order valence-corrected chi connectivity index (χ1v) is 5.43. The molecule has 0 amide bonds. The Morgan fingerprint density at radius 3 is 2.21 bits per heavy atom. The van der Waals surface area contributed by atoms with Gasteiger partial charge in [0, 0.05) is 0 Å². The second kappa shape index (κ2) is 5.02. The Hall–Kier alpha value is -2.48. The van der Waals surface area contributed by atoms with Crippen molar-refractivity contribution in [2.75, 3.05) is 5.32 Å². The fourth-order valence-electron chi connectivity index (χ4n) is 1.63. The summed E-state index contributed by atoms with van der Waals surface area (Å²) in [5.41, 5.74) is 0.106. The van der Waals surface area contributed by atoms with E-state index in [4.69, 9.17) is 5.26 Å². The molecule has 0 aliphatic carbocycles. The van der Waals surface area contributed by atoms with E-state index in [0.29, 0.717) is 0 Å². The number of halogens is 3. The number of anilines is 2. The topological polar surface area (TPSA) is 35.8 Å². The van der Waals surface area contributed by atoms with Crippen LogP contribution in [-0.4, -0.2) is 0 Å². The molecule has 0 unspecified atom stereocenters. The normalized spacial score (nSPS) is 10.1. The molecule has 2 aromatic rings. The minimum absolute atomic E-state index is 0.0255. The maximum absolute atomic E-state index is 13.6. The quantitative estimate of drug-likeness (QED) is 0.887. The van der Waals surface area contributed by atoms with Gasteiger partial charge in [-0.15, -0.1) is 0 Å². The molecule has 0 spiro atoms. The van der Waals surface area contributed by atoms with E-state index in [1.54, 1.807) is 19.1 Å². The average molecular weight is 262 g/mol. The predicted molar refractivity (Wildman–Crippen MR) is 65.5 cm³/mol. The van der Waals surface area contributed by atoms with E-state index < -0.39 is 23.1 Å². The molecule has 19 heavy (non-hydrogen) atoms. The molecule has 0 heterocycles. The van der Waals surface area contributed by atoms with E-state index >= 15 is 0 Å². The number of hydrogen-bond acceptors (Lipinski definition) is 2. The van der Waals surface area contributed by atoms with Gasteiger partial charge in [0.15, 0.2) is 11.6 Å². The molecule has 1 N–H and O–H groups in total. The number of nitrogens with one attached hydrogen (secondary N) is 1. The van der Waals surface area contributed by atoms with E-state index in [9.17, 15) is 13.2 Å². The summed E-state index contributed by atoms with van der Waals surface area (Å²) in [6.45, 7) is 1.73. The molecular formula is C14H9F3N2. The molecule has 0 aliphatic rings. The Labute approximate surface area is 108 Å². The molecule has 0 saturated carbocycles. The van der Waals surface area contributed by atoms with Crippen molar-refractivity contribution in [2.45, 2.75) is 6.92 Å². The standard InChI is InChI=1S/C14H9F3N2/c1-8-2-3-10(15)13(4-8)19-14-11(16)5-9(7-18)6-12(14)17/h2-6,19H,1H3. The minimum atomic E-state index is -0.947. The fraction of sp³-hybridized carbons (Fsp3) is 0.0714. The first kappa shape index (κ1) is 13.0. The molecule has 0 saturated heterocycles. The van der Waals surface area contributed by atoms with E-state index in [0.717, 1.165) is 17.7 Å². The van der Waals surface area contributed by atoms with Crippen LogP contribution >= 0.6 is 0 Å². The summed E-state index contributed by atoms with van der Waals surface area (Å²) in [5, 5.41) is 11.0. The zero-order valence-corrected chi connectivity index (χ0v) is 9.97. The van der Waals surface area contributed by atoms with E-state index in [2.05, 4.69) is 5.32 Å². The van der Waals surface area contributed by atoms with Crippen LogP contribution in [0.25, 0.3) is 0 Å². The van der Waals surface area contributed by atoms with E-state index in [1.807, 2.05) is 0 Å². The Morgan fingerprint density at radius 2 is 1.63 bits per heavy atom. The monoisotopic (exact) mass is 262 g/mol. The van der Waals surface area contributed by atoms with Crippen molar-refractivity contribution < 1.29 is 13.2 Å². The number of nitrogens with zero attached hydrogens (tertiary/aromatic N) is 1. The third kappa shape index (κ3) is 2.68. The predicted octanol–water partition coefficient (Wildman–Crippen LogP) is 4.03. The largest absolute Gasteiger partial charge is 0.348 e. The molecule has 5 heteroatoms. The summed E-state index contributed by atoms with van der Waals surface area (Å²) in [5.74, 6) is -2.51. The molecule has 0 radical (unpaired) electrons. The third-order valence-electron chi connectivity index (χ3n) is 2.55. The first-order valence-electron chi connectivity index (χ1n) is 5.43. The van der Waals surface area contributed by atoms with Crippen molar-refractivity contribution in [3.05, 3.63) is 58.9 Å². The molecule has 2 aromatic carbocycles. The second-order valence-electron chi connectivity index (χ2n) is 4.03. The summed E-state index contributed by atoms with van der Waals surface area (Å²) < 4.78 is 40.8. The Bertz CT molecular complexity index is 652. The molecule has 0 aromatic heterocycles. The van der Waals surface area contributed by atoms with Crippen molar-refractivity contribution in [1.29, 1.82) is 5.26 Å². The van der Waals surface area contributed by atoms with Crippen molar-refractivity contribution >= 4 is 11.4 Å². The van der Waals surface area contributed by atoms with Crippen LogP contribution in [0.4, 0.5) is 24.5 Å². The van der Waals surface area contributed by atoms with Gasteiger partial charge in [-0.2, -0.15) is 5.26 Å². The van der Waals surface area contributed by atoms with Crippen LogP contribution in [0.2, 0.25) is 0 Å². The van der Waals surface area contributed by atoms with Crippen LogP contribution in [-0.2, 0) is 0 Å². The summed E-state index contributed by atoms with van der Waals surface area (Å²) in [7, 11) is 0. The van der Waals surface area contributed by atoms with Crippen LogP contribution in [0.5, 0.6) is 0 Å². The third-order valence-corrected chi connectivity index (χ3v) is 2.55. The zero-order chi connectivity index (χ0) is 14.0. The Balaban J connectivity index is 2.44. The van der Waals surface area contributed by atoms with Crippen molar-refractivity contribution in [2.24, 2.45) is 0 Å². The highest BCUT2D eigenvalue weighted by molar-refractivity contribution is 5.63. The van der Waals surface area contributed by atoms with Crippen LogP contribution in [0.15, 0.2) is 30.3 Å². The highest BCUT2D eigenvalue weighted by Gasteiger charge is 2.13. The van der Waals surface area contributed by atoms with Crippen molar-refractivity contribution in [3.63, 3.8) is 0 Å². The molecular weight excluding hydrogens is 253 g/mol. The Morgan fingerprint density at radius 1 is 1.00 bits per heavy atom. The van der Waals surface area contributed by atoms with Gasteiger partial charge < -0.3 is 5.32 Å². The summed E-state index contributed by atoms with van der Waals surface area (Å²) >= 11 is 0. The summed E-state index contributed by atoms with van der Waals surface area (Å²) in [6, 6.07) is 7.60. The van der Waals surface area contributed by atoms with E-state index in [-0.39, 0.29) is 11.3 Å². The number of nitriles is 1. The van der Waals surface area contributed by atoms with Gasteiger partial charge in [0.1, 0.15) is 11.5 Å². The Kier molecular flexibility index (Phi) is 3.43. The van der Waals surface area contributed by atoms with E-state index in [1.165, 1.54) is 12.1 Å². The summed E-state index contributed by atoms with van der Waals surface area (Å²) in [6.07, 6.45) is 0. The molecule has 0 atom stereocenters. The lowest BCUT2D eigenvalue weighted by molar-refractivity contribution is 0.588. The molecule has 2 nitrogen and oxygen atoms in total. The van der Waals surface area contributed by atoms with Gasteiger partial charge in [0.05, 0.1) is 17.3 Å². The highest BCUT2D eigenvalue weighted by atomic mass is 19.1. The van der Waals surface area contributed by atoms with Crippen LogP contribution in [0.3, 0.4) is 0 Å². The van der Waals surface area contributed by atoms with Crippen molar-refractivity contribution in [3.8, 4) is 6.07 Å². The lowest BCUT2D eigenvalue weighted by Crippen LogP contribution is -2.00. The zero-order valence-electron chi connectivity index (χ0n) is 9.97. The van der Waals surface area contributed by atoms with Gasteiger partial charge in [-0.3, -0.25) is 0 Å². The number of rotatable bonds is 2. The van der Waals surface area contributed by atoms with Crippen LogP contribution < -0.4 is 5.32 Å². The molecule has 0 bridgehead atoms. The van der Waals surface area contributed by atoms with Gasteiger partial charge in [-0.05, 0) is 36.8 Å². The van der Waals surface area contributed by atoms with Gasteiger partial charge in [-0.25, -0.2) is 13.2 Å². The minimum Gasteiger partial charge on any atom is -0.348 e. The van der Waals surface area contributed by atoms with Gasteiger partial charge >= 0.3 is 0 Å². The van der Waals surface area contributed by atoms with Gasteiger partial charge in [0.25, 0.3) is 0 Å². The van der Waals surface area contributed by atoms with Crippen LogP contribution in [0.1, 0.15) is 11.1 Å². The molecule has 0 aliphatic heterocycles. The molecule has 96 valence electrons. The lowest BCUT2D eigenvalue weighted by atomic mass is 10.1. The maximum atomic E-state index is 13.6. The lowest BCUT2D eigenvalue weighted by Gasteiger charge is -2.10. The van der Waals surface area contributed by atoms with Gasteiger partial charge in [0.2, 0.25) is 0 Å². The SMILES string of the molecule is Cc1ccc(F)c(Nc2c(F)cc(C#N)cc2F)c1. The smallest absolute Gasteiger partial charge is 0.150 e. The first-order chi connectivity index (χ1) is 9.01.